The van der Waals surface area contributed by atoms with Crippen molar-refractivity contribution < 1.29 is 14.3 Å². The second kappa shape index (κ2) is 7.62. The summed E-state index contributed by atoms with van der Waals surface area (Å²) in [7, 11) is 3.28. The summed E-state index contributed by atoms with van der Waals surface area (Å²) in [5, 5.41) is 0. The van der Waals surface area contributed by atoms with Crippen LogP contribution in [0.25, 0.3) is 0 Å². The number of nitrogens with one attached hydrogen (secondary N) is 1. The van der Waals surface area contributed by atoms with Gasteiger partial charge in [0.1, 0.15) is 6.10 Å². The highest BCUT2D eigenvalue weighted by atomic mass is 32.2. The molecular weight excluding hydrogens is 262 g/mol. The fraction of sp³-hybridized carbons (Fsp3) is 0.571. The van der Waals surface area contributed by atoms with Gasteiger partial charge in [-0.1, -0.05) is 6.07 Å². The van der Waals surface area contributed by atoms with Crippen molar-refractivity contribution in [2.75, 3.05) is 25.7 Å². The van der Waals surface area contributed by atoms with Crippen LogP contribution in [0.15, 0.2) is 18.2 Å². The van der Waals surface area contributed by atoms with Gasteiger partial charge in [-0.05, 0) is 36.3 Å². The SMILES string of the molecule is CONCc1ccc(OC)c(OC2CCCSC2)c1. The summed E-state index contributed by atoms with van der Waals surface area (Å²) in [5.41, 5.74) is 3.94. The lowest BCUT2D eigenvalue weighted by molar-refractivity contribution is 0.0866. The van der Waals surface area contributed by atoms with E-state index in [0.717, 1.165) is 29.2 Å². The zero-order valence-corrected chi connectivity index (χ0v) is 12.3. The minimum absolute atomic E-state index is 0.290. The zero-order valence-electron chi connectivity index (χ0n) is 11.5. The van der Waals surface area contributed by atoms with Crippen molar-refractivity contribution >= 4 is 11.8 Å². The summed E-state index contributed by atoms with van der Waals surface area (Å²) >= 11 is 1.96. The van der Waals surface area contributed by atoms with Crippen LogP contribution in [0, 0.1) is 0 Å². The molecule has 1 aliphatic rings. The molecule has 0 spiro atoms. The molecular formula is C14H21NO3S. The van der Waals surface area contributed by atoms with Crippen LogP contribution in [-0.2, 0) is 11.4 Å². The van der Waals surface area contributed by atoms with Crippen LogP contribution in [0.4, 0.5) is 0 Å². The first-order valence-electron chi connectivity index (χ1n) is 6.50. The highest BCUT2D eigenvalue weighted by molar-refractivity contribution is 7.99. The van der Waals surface area contributed by atoms with E-state index in [1.165, 1.54) is 12.2 Å². The standard InChI is InChI=1S/C14H21NO3S/c1-16-13-6-5-11(9-15-17-2)8-14(13)18-12-4-3-7-19-10-12/h5-6,8,12,15H,3-4,7,9-10H2,1-2H3. The topological polar surface area (TPSA) is 39.7 Å². The van der Waals surface area contributed by atoms with Crippen LogP contribution in [0.5, 0.6) is 11.5 Å². The van der Waals surface area contributed by atoms with E-state index in [1.54, 1.807) is 14.2 Å². The third kappa shape index (κ3) is 4.30. The summed E-state index contributed by atoms with van der Waals surface area (Å²) in [6.45, 7) is 0.649. The molecule has 0 aliphatic carbocycles. The molecule has 0 radical (unpaired) electrons. The number of hydrogen-bond acceptors (Lipinski definition) is 5. The van der Waals surface area contributed by atoms with Crippen molar-refractivity contribution in [3.8, 4) is 11.5 Å². The van der Waals surface area contributed by atoms with Gasteiger partial charge in [-0.15, -0.1) is 0 Å². The van der Waals surface area contributed by atoms with Crippen molar-refractivity contribution in [3.05, 3.63) is 23.8 Å². The normalized spacial score (nSPS) is 19.2. The van der Waals surface area contributed by atoms with Gasteiger partial charge in [-0.25, -0.2) is 0 Å². The van der Waals surface area contributed by atoms with Gasteiger partial charge in [0.2, 0.25) is 0 Å². The smallest absolute Gasteiger partial charge is 0.161 e. The van der Waals surface area contributed by atoms with Crippen LogP contribution >= 0.6 is 11.8 Å². The predicted octanol–water partition coefficient (Wildman–Crippen LogP) is 2.62. The molecule has 1 saturated heterocycles. The Morgan fingerprint density at radius 2 is 2.21 bits per heavy atom. The van der Waals surface area contributed by atoms with Crippen LogP contribution < -0.4 is 15.0 Å². The molecule has 1 atom stereocenters. The van der Waals surface area contributed by atoms with E-state index >= 15 is 0 Å². The molecule has 1 aliphatic heterocycles. The van der Waals surface area contributed by atoms with Crippen LogP contribution in [-0.4, -0.2) is 31.8 Å². The third-order valence-electron chi connectivity index (χ3n) is 3.06. The fourth-order valence-electron chi connectivity index (χ4n) is 2.06. The third-order valence-corrected chi connectivity index (χ3v) is 4.25. The molecule has 4 nitrogen and oxygen atoms in total. The molecule has 0 saturated carbocycles. The summed E-state index contributed by atoms with van der Waals surface area (Å²) < 4.78 is 11.4. The van der Waals surface area contributed by atoms with Crippen LogP contribution in [0.2, 0.25) is 0 Å². The minimum Gasteiger partial charge on any atom is -0.493 e. The number of hydroxylamine groups is 1. The zero-order chi connectivity index (χ0) is 13.5. The number of rotatable bonds is 6. The van der Waals surface area contributed by atoms with Crippen molar-refractivity contribution in [2.45, 2.75) is 25.5 Å². The Morgan fingerprint density at radius 1 is 1.32 bits per heavy atom. The van der Waals surface area contributed by atoms with Crippen molar-refractivity contribution in [3.63, 3.8) is 0 Å². The van der Waals surface area contributed by atoms with Gasteiger partial charge in [-0.3, -0.25) is 0 Å². The average molecular weight is 283 g/mol. The van der Waals surface area contributed by atoms with Gasteiger partial charge in [0.15, 0.2) is 11.5 Å². The number of methoxy groups -OCH3 is 1. The van der Waals surface area contributed by atoms with Gasteiger partial charge >= 0.3 is 0 Å². The van der Waals surface area contributed by atoms with Crippen LogP contribution in [0.3, 0.4) is 0 Å². The lowest BCUT2D eigenvalue weighted by atomic mass is 10.2. The molecule has 1 aromatic carbocycles. The maximum atomic E-state index is 6.08. The Kier molecular flexibility index (Phi) is 5.82. The molecule has 19 heavy (non-hydrogen) atoms. The highest BCUT2D eigenvalue weighted by Gasteiger charge is 2.17. The Bertz CT molecular complexity index is 394. The second-order valence-electron chi connectivity index (χ2n) is 4.47. The maximum Gasteiger partial charge on any atom is 0.161 e. The van der Waals surface area contributed by atoms with E-state index in [4.69, 9.17) is 14.3 Å². The van der Waals surface area contributed by atoms with E-state index in [9.17, 15) is 0 Å². The molecule has 1 aromatic rings. The molecule has 1 unspecified atom stereocenters. The molecule has 106 valence electrons. The molecule has 0 amide bonds. The van der Waals surface area contributed by atoms with E-state index < -0.39 is 0 Å². The highest BCUT2D eigenvalue weighted by Crippen LogP contribution is 2.31. The Balaban J connectivity index is 2.06. The summed E-state index contributed by atoms with van der Waals surface area (Å²) in [4.78, 5) is 4.87. The molecule has 2 rings (SSSR count). The average Bonchev–Trinajstić information content (AvgIpc) is 2.46. The Labute approximate surface area is 118 Å². The van der Waals surface area contributed by atoms with Gasteiger partial charge in [0.25, 0.3) is 0 Å². The number of hydrogen-bond donors (Lipinski definition) is 1. The lowest BCUT2D eigenvalue weighted by Crippen LogP contribution is -2.23. The maximum absolute atomic E-state index is 6.08. The molecule has 1 N–H and O–H groups in total. The minimum atomic E-state index is 0.290. The molecule has 0 bridgehead atoms. The number of ether oxygens (including phenoxy) is 2. The quantitative estimate of drug-likeness (QED) is 0.813. The van der Waals surface area contributed by atoms with E-state index in [0.29, 0.717) is 12.6 Å². The molecule has 0 aromatic heterocycles. The molecule has 5 heteroatoms. The van der Waals surface area contributed by atoms with Crippen molar-refractivity contribution in [2.24, 2.45) is 0 Å². The van der Waals surface area contributed by atoms with Crippen molar-refractivity contribution in [1.29, 1.82) is 0 Å². The monoisotopic (exact) mass is 283 g/mol. The molecule has 1 fully saturated rings. The number of benzene rings is 1. The van der Waals surface area contributed by atoms with E-state index in [-0.39, 0.29) is 0 Å². The first-order chi connectivity index (χ1) is 9.33. The predicted molar refractivity (Wildman–Crippen MR) is 77.8 cm³/mol. The van der Waals surface area contributed by atoms with E-state index in [1.807, 2.05) is 30.0 Å². The van der Waals surface area contributed by atoms with Crippen molar-refractivity contribution in [1.82, 2.24) is 5.48 Å². The lowest BCUT2D eigenvalue weighted by Gasteiger charge is -2.24. The fourth-order valence-corrected chi connectivity index (χ4v) is 3.10. The summed E-state index contributed by atoms with van der Waals surface area (Å²) in [6.07, 6.45) is 2.64. The van der Waals surface area contributed by atoms with Gasteiger partial charge in [0.05, 0.1) is 14.2 Å². The van der Waals surface area contributed by atoms with Gasteiger partial charge in [-0.2, -0.15) is 17.2 Å². The first-order valence-corrected chi connectivity index (χ1v) is 7.66. The van der Waals surface area contributed by atoms with Gasteiger partial charge in [0, 0.05) is 12.3 Å². The van der Waals surface area contributed by atoms with Gasteiger partial charge < -0.3 is 14.3 Å². The summed E-state index contributed by atoms with van der Waals surface area (Å²) in [5.74, 6) is 3.92. The first kappa shape index (κ1) is 14.5. The largest absolute Gasteiger partial charge is 0.493 e. The molecule has 1 heterocycles. The van der Waals surface area contributed by atoms with E-state index in [2.05, 4.69) is 5.48 Å². The Morgan fingerprint density at radius 3 is 2.89 bits per heavy atom. The Hall–Kier alpha value is -0.910. The summed E-state index contributed by atoms with van der Waals surface area (Å²) in [6, 6.07) is 5.97. The van der Waals surface area contributed by atoms with Crippen LogP contribution in [0.1, 0.15) is 18.4 Å². The number of thioether (sulfide) groups is 1. The second-order valence-corrected chi connectivity index (χ2v) is 5.62.